The molecule has 154 valence electrons. The lowest BCUT2D eigenvalue weighted by atomic mass is 10.2. The van der Waals surface area contributed by atoms with Crippen molar-refractivity contribution in [2.45, 2.75) is 0 Å². The minimum absolute atomic E-state index is 0.152. The summed E-state index contributed by atoms with van der Waals surface area (Å²) in [5.41, 5.74) is 1.44. The first-order valence-electron chi connectivity index (χ1n) is 9.13. The van der Waals surface area contributed by atoms with E-state index in [1.54, 1.807) is 35.2 Å². The number of hydrogen-bond donors (Lipinski definition) is 2. The number of piperazine rings is 1. The summed E-state index contributed by atoms with van der Waals surface area (Å²) in [4.78, 5) is 28.1. The van der Waals surface area contributed by atoms with Crippen LogP contribution >= 0.6 is 11.6 Å². The van der Waals surface area contributed by atoms with E-state index in [2.05, 4.69) is 15.5 Å². The molecule has 29 heavy (non-hydrogen) atoms. The van der Waals surface area contributed by atoms with Crippen molar-refractivity contribution in [2.75, 3.05) is 50.1 Å². The Labute approximate surface area is 173 Å². The second-order valence-corrected chi connectivity index (χ2v) is 6.91. The standard InChI is InChI=1S/C20H22ClFN4O3/c1-29-18-7-4-15(12-17(18)21)24-19(27)13-23-20(28)26-10-8-25(9-11-26)16-5-2-14(22)3-6-16/h2-7,12H,8-11,13H2,1H3,(H,23,28)(H,24,27). The molecular formula is C20H22ClFN4O3. The molecule has 0 saturated carbocycles. The summed E-state index contributed by atoms with van der Waals surface area (Å²) in [6, 6.07) is 10.9. The van der Waals surface area contributed by atoms with Crippen LogP contribution in [-0.2, 0) is 4.79 Å². The van der Waals surface area contributed by atoms with E-state index in [1.807, 2.05) is 0 Å². The fourth-order valence-corrected chi connectivity index (χ4v) is 3.29. The van der Waals surface area contributed by atoms with Crippen molar-refractivity contribution < 1.29 is 18.7 Å². The van der Waals surface area contributed by atoms with Crippen molar-refractivity contribution >= 4 is 34.9 Å². The summed E-state index contributed by atoms with van der Waals surface area (Å²) >= 11 is 6.03. The number of hydrogen-bond acceptors (Lipinski definition) is 4. The quantitative estimate of drug-likeness (QED) is 0.780. The van der Waals surface area contributed by atoms with Gasteiger partial charge in [-0.1, -0.05) is 11.6 Å². The highest BCUT2D eigenvalue weighted by atomic mass is 35.5. The molecular weight excluding hydrogens is 399 g/mol. The van der Waals surface area contributed by atoms with Crippen molar-refractivity contribution in [2.24, 2.45) is 0 Å². The average Bonchev–Trinajstić information content (AvgIpc) is 2.73. The van der Waals surface area contributed by atoms with E-state index in [9.17, 15) is 14.0 Å². The van der Waals surface area contributed by atoms with Gasteiger partial charge in [0.1, 0.15) is 11.6 Å². The SMILES string of the molecule is COc1ccc(NC(=O)CNC(=O)N2CCN(c3ccc(F)cc3)CC2)cc1Cl. The van der Waals surface area contributed by atoms with E-state index in [0.717, 1.165) is 5.69 Å². The van der Waals surface area contributed by atoms with E-state index in [4.69, 9.17) is 16.3 Å². The molecule has 2 N–H and O–H groups in total. The van der Waals surface area contributed by atoms with E-state index in [0.29, 0.717) is 42.6 Å². The average molecular weight is 421 g/mol. The highest BCUT2D eigenvalue weighted by Gasteiger charge is 2.21. The van der Waals surface area contributed by atoms with Gasteiger partial charge in [-0.3, -0.25) is 4.79 Å². The van der Waals surface area contributed by atoms with E-state index in [1.165, 1.54) is 19.2 Å². The van der Waals surface area contributed by atoms with Crippen LogP contribution < -0.4 is 20.3 Å². The first-order chi connectivity index (χ1) is 14.0. The number of carbonyl (C=O) groups excluding carboxylic acids is 2. The third-order valence-corrected chi connectivity index (χ3v) is 4.89. The van der Waals surface area contributed by atoms with Gasteiger partial charge >= 0.3 is 6.03 Å². The number of anilines is 2. The number of benzene rings is 2. The summed E-state index contributed by atoms with van der Waals surface area (Å²) in [5.74, 6) is -0.121. The maximum absolute atomic E-state index is 13.0. The number of nitrogens with one attached hydrogen (secondary N) is 2. The summed E-state index contributed by atoms with van der Waals surface area (Å²) in [5, 5.41) is 5.68. The van der Waals surface area contributed by atoms with Crippen molar-refractivity contribution in [3.8, 4) is 5.75 Å². The van der Waals surface area contributed by atoms with Gasteiger partial charge in [-0.25, -0.2) is 9.18 Å². The number of carbonyl (C=O) groups is 2. The summed E-state index contributed by atoms with van der Waals surface area (Å²) in [6.45, 7) is 2.14. The third kappa shape index (κ3) is 5.51. The molecule has 0 atom stereocenters. The molecule has 0 spiro atoms. The fourth-order valence-electron chi connectivity index (χ4n) is 3.04. The van der Waals surface area contributed by atoms with Crippen LogP contribution in [0, 0.1) is 5.82 Å². The van der Waals surface area contributed by atoms with Gasteiger partial charge in [-0.15, -0.1) is 0 Å². The zero-order valence-electron chi connectivity index (χ0n) is 16.0. The fraction of sp³-hybridized carbons (Fsp3) is 0.300. The molecule has 1 heterocycles. The highest BCUT2D eigenvalue weighted by molar-refractivity contribution is 6.32. The van der Waals surface area contributed by atoms with E-state index in [-0.39, 0.29) is 24.3 Å². The predicted molar refractivity (Wildman–Crippen MR) is 110 cm³/mol. The number of amides is 3. The van der Waals surface area contributed by atoms with Crippen LogP contribution in [0.25, 0.3) is 0 Å². The first kappa shape index (κ1) is 20.7. The summed E-state index contributed by atoms with van der Waals surface area (Å²) in [7, 11) is 1.51. The third-order valence-electron chi connectivity index (χ3n) is 4.59. The number of ether oxygens (including phenoxy) is 1. The van der Waals surface area contributed by atoms with Crippen LogP contribution in [-0.4, -0.2) is 56.7 Å². The normalized spacial score (nSPS) is 13.8. The summed E-state index contributed by atoms with van der Waals surface area (Å²) in [6.07, 6.45) is 0. The first-order valence-corrected chi connectivity index (χ1v) is 9.51. The Morgan fingerprint density at radius 3 is 2.41 bits per heavy atom. The lowest BCUT2D eigenvalue weighted by molar-refractivity contribution is -0.115. The van der Waals surface area contributed by atoms with Gasteiger partial charge < -0.3 is 25.2 Å². The lowest BCUT2D eigenvalue weighted by Gasteiger charge is -2.36. The second-order valence-electron chi connectivity index (χ2n) is 6.51. The molecule has 1 saturated heterocycles. The molecule has 1 aliphatic heterocycles. The number of urea groups is 1. The number of methoxy groups -OCH3 is 1. The Bertz CT molecular complexity index is 871. The van der Waals surface area contributed by atoms with Gasteiger partial charge in [-0.05, 0) is 42.5 Å². The molecule has 0 aliphatic carbocycles. The van der Waals surface area contributed by atoms with Crippen LogP contribution in [0.5, 0.6) is 5.75 Å². The van der Waals surface area contributed by atoms with Crippen LogP contribution in [0.3, 0.4) is 0 Å². The van der Waals surface area contributed by atoms with Gasteiger partial charge in [0.15, 0.2) is 0 Å². The topological polar surface area (TPSA) is 73.9 Å². The van der Waals surface area contributed by atoms with Gasteiger partial charge in [-0.2, -0.15) is 0 Å². The Hall–Kier alpha value is -3.00. The van der Waals surface area contributed by atoms with Gasteiger partial charge in [0.05, 0.1) is 18.7 Å². The van der Waals surface area contributed by atoms with E-state index >= 15 is 0 Å². The molecule has 0 bridgehead atoms. The molecule has 0 aromatic heterocycles. The Morgan fingerprint density at radius 1 is 1.10 bits per heavy atom. The van der Waals surface area contributed by atoms with Gasteiger partial charge in [0.2, 0.25) is 5.91 Å². The predicted octanol–water partition coefficient (Wildman–Crippen LogP) is 2.96. The second kappa shape index (κ2) is 9.47. The molecule has 0 radical (unpaired) electrons. The van der Waals surface area contributed by atoms with Crippen molar-refractivity contribution in [3.63, 3.8) is 0 Å². The molecule has 2 aromatic rings. The molecule has 1 aliphatic rings. The lowest BCUT2D eigenvalue weighted by Crippen LogP contribution is -2.52. The highest BCUT2D eigenvalue weighted by Crippen LogP contribution is 2.27. The van der Waals surface area contributed by atoms with Crippen molar-refractivity contribution in [3.05, 3.63) is 53.3 Å². The van der Waals surface area contributed by atoms with E-state index < -0.39 is 0 Å². The molecule has 3 amide bonds. The summed E-state index contributed by atoms with van der Waals surface area (Å²) < 4.78 is 18.1. The zero-order valence-corrected chi connectivity index (χ0v) is 16.7. The minimum Gasteiger partial charge on any atom is -0.495 e. The van der Waals surface area contributed by atoms with Crippen LogP contribution in [0.15, 0.2) is 42.5 Å². The Balaban J connectivity index is 1.43. The number of nitrogens with zero attached hydrogens (tertiary/aromatic N) is 2. The maximum Gasteiger partial charge on any atom is 0.317 e. The number of halogens is 2. The smallest absolute Gasteiger partial charge is 0.317 e. The molecule has 2 aromatic carbocycles. The molecule has 0 unspecified atom stereocenters. The number of rotatable bonds is 5. The zero-order chi connectivity index (χ0) is 20.8. The van der Waals surface area contributed by atoms with Crippen molar-refractivity contribution in [1.29, 1.82) is 0 Å². The van der Waals surface area contributed by atoms with Crippen LogP contribution in [0.2, 0.25) is 5.02 Å². The Kier molecular flexibility index (Phi) is 6.77. The van der Waals surface area contributed by atoms with Crippen LogP contribution in [0.1, 0.15) is 0 Å². The minimum atomic E-state index is -0.357. The van der Waals surface area contributed by atoms with Crippen molar-refractivity contribution in [1.82, 2.24) is 10.2 Å². The molecule has 7 nitrogen and oxygen atoms in total. The van der Waals surface area contributed by atoms with Crippen LogP contribution in [0.4, 0.5) is 20.6 Å². The maximum atomic E-state index is 13.0. The van der Waals surface area contributed by atoms with Gasteiger partial charge in [0.25, 0.3) is 0 Å². The van der Waals surface area contributed by atoms with Gasteiger partial charge in [0, 0.05) is 37.6 Å². The largest absolute Gasteiger partial charge is 0.495 e. The monoisotopic (exact) mass is 420 g/mol. The Morgan fingerprint density at radius 2 is 1.79 bits per heavy atom. The molecule has 1 fully saturated rings. The molecule has 9 heteroatoms. The molecule has 3 rings (SSSR count).